The van der Waals surface area contributed by atoms with Gasteiger partial charge in [0.2, 0.25) is 0 Å². The minimum absolute atomic E-state index is 0.981. The van der Waals surface area contributed by atoms with E-state index >= 15 is 0 Å². The van der Waals surface area contributed by atoms with Crippen molar-refractivity contribution in [2.75, 3.05) is 26.7 Å². The third kappa shape index (κ3) is 6.78. The number of hydrogen-bond donors (Lipinski definition) is 0. The molecule has 108 valence electrons. The van der Waals surface area contributed by atoms with Crippen molar-refractivity contribution in [3.8, 4) is 0 Å². The zero-order chi connectivity index (χ0) is 13.3. The molecule has 0 saturated carbocycles. The van der Waals surface area contributed by atoms with Crippen molar-refractivity contribution >= 4 is 0 Å². The molecule has 0 unspecified atom stereocenters. The van der Waals surface area contributed by atoms with E-state index in [1.165, 1.54) is 88.3 Å². The molecule has 1 rings (SSSR count). The first-order valence-corrected chi connectivity index (χ1v) is 8.50. The van der Waals surface area contributed by atoms with Crippen molar-refractivity contribution in [3.63, 3.8) is 0 Å². The molecule has 0 radical (unpaired) electrons. The fourth-order valence-corrected chi connectivity index (χ4v) is 3.17. The molecule has 0 aromatic carbocycles. The minimum Gasteiger partial charge on any atom is -0.326 e. The van der Waals surface area contributed by atoms with Gasteiger partial charge in [-0.05, 0) is 31.6 Å². The van der Waals surface area contributed by atoms with Gasteiger partial charge in [-0.15, -0.1) is 0 Å². The Morgan fingerprint density at radius 3 is 1.89 bits per heavy atom. The molecular formula is C17H36N+. The van der Waals surface area contributed by atoms with E-state index in [1.54, 1.807) is 0 Å². The van der Waals surface area contributed by atoms with Gasteiger partial charge in [0, 0.05) is 0 Å². The molecule has 0 amide bonds. The summed E-state index contributed by atoms with van der Waals surface area (Å²) < 4.78 is 1.36. The Bertz CT molecular complexity index is 192. The SMILES string of the molecule is CCCCCCCCCC[N+]1(C)CCC(C)CC1. The fraction of sp³-hybridized carbons (Fsp3) is 1.00. The van der Waals surface area contributed by atoms with E-state index in [0.29, 0.717) is 0 Å². The molecule has 18 heavy (non-hydrogen) atoms. The summed E-state index contributed by atoms with van der Waals surface area (Å²) in [6, 6.07) is 0. The van der Waals surface area contributed by atoms with Crippen LogP contribution in [0.4, 0.5) is 0 Å². The second-order valence-electron chi connectivity index (χ2n) is 6.95. The van der Waals surface area contributed by atoms with Gasteiger partial charge in [0.25, 0.3) is 0 Å². The third-order valence-corrected chi connectivity index (χ3v) is 4.87. The minimum atomic E-state index is 0.981. The Kier molecular flexibility index (Phi) is 7.97. The molecule has 0 aromatic heterocycles. The van der Waals surface area contributed by atoms with Crippen LogP contribution in [0.2, 0.25) is 0 Å². The first-order valence-electron chi connectivity index (χ1n) is 8.50. The van der Waals surface area contributed by atoms with Crippen LogP contribution in [0, 0.1) is 5.92 Å². The molecule has 0 bridgehead atoms. The van der Waals surface area contributed by atoms with Gasteiger partial charge >= 0.3 is 0 Å². The normalized spacial score (nSPS) is 28.5. The van der Waals surface area contributed by atoms with Gasteiger partial charge in [-0.3, -0.25) is 0 Å². The number of rotatable bonds is 9. The van der Waals surface area contributed by atoms with Crippen LogP contribution in [0.5, 0.6) is 0 Å². The van der Waals surface area contributed by atoms with Gasteiger partial charge in [-0.2, -0.15) is 0 Å². The Morgan fingerprint density at radius 1 is 0.833 bits per heavy atom. The van der Waals surface area contributed by atoms with E-state index in [9.17, 15) is 0 Å². The van der Waals surface area contributed by atoms with Crippen LogP contribution < -0.4 is 0 Å². The average molecular weight is 254 g/mol. The molecule has 1 heterocycles. The van der Waals surface area contributed by atoms with Crippen LogP contribution in [-0.4, -0.2) is 31.2 Å². The lowest BCUT2D eigenvalue weighted by atomic mass is 9.97. The highest BCUT2D eigenvalue weighted by Gasteiger charge is 2.27. The predicted octanol–water partition coefficient (Wildman–Crippen LogP) is 5.00. The summed E-state index contributed by atoms with van der Waals surface area (Å²) in [4.78, 5) is 0. The number of likely N-dealkylation sites (tertiary alicyclic amines) is 1. The molecule has 0 N–H and O–H groups in total. The first kappa shape index (κ1) is 16.0. The summed E-state index contributed by atoms with van der Waals surface area (Å²) in [5, 5.41) is 0. The topological polar surface area (TPSA) is 0 Å². The maximum absolute atomic E-state index is 2.48. The molecule has 0 spiro atoms. The fourth-order valence-electron chi connectivity index (χ4n) is 3.17. The number of unbranched alkanes of at least 4 members (excludes halogenated alkanes) is 7. The number of nitrogens with zero attached hydrogens (tertiary/aromatic N) is 1. The second-order valence-corrected chi connectivity index (χ2v) is 6.95. The summed E-state index contributed by atoms with van der Waals surface area (Å²) >= 11 is 0. The molecule has 1 fully saturated rings. The van der Waals surface area contributed by atoms with Gasteiger partial charge in [-0.1, -0.05) is 52.4 Å². The Morgan fingerprint density at radius 2 is 1.33 bits per heavy atom. The standard InChI is InChI=1S/C17H36N/c1-4-5-6-7-8-9-10-11-14-18(3)15-12-17(2)13-16-18/h17H,4-16H2,1-3H3/q+1. The lowest BCUT2D eigenvalue weighted by Gasteiger charge is -2.40. The molecule has 1 saturated heterocycles. The zero-order valence-corrected chi connectivity index (χ0v) is 13.2. The summed E-state index contributed by atoms with van der Waals surface area (Å²) in [5.74, 6) is 0.981. The van der Waals surface area contributed by atoms with E-state index in [1.807, 2.05) is 0 Å². The van der Waals surface area contributed by atoms with Gasteiger partial charge in [0.1, 0.15) is 0 Å². The summed E-state index contributed by atoms with van der Waals surface area (Å²) in [6.45, 7) is 9.00. The van der Waals surface area contributed by atoms with Crippen LogP contribution in [0.3, 0.4) is 0 Å². The number of piperidine rings is 1. The summed E-state index contributed by atoms with van der Waals surface area (Å²) in [5.41, 5.74) is 0. The molecular weight excluding hydrogens is 218 g/mol. The van der Waals surface area contributed by atoms with Crippen molar-refractivity contribution < 1.29 is 4.48 Å². The molecule has 0 atom stereocenters. The van der Waals surface area contributed by atoms with Crippen molar-refractivity contribution in [1.82, 2.24) is 0 Å². The molecule has 1 heteroatoms. The van der Waals surface area contributed by atoms with Gasteiger partial charge in [0.05, 0.1) is 26.7 Å². The first-order chi connectivity index (χ1) is 8.66. The van der Waals surface area contributed by atoms with Crippen molar-refractivity contribution in [2.24, 2.45) is 5.92 Å². The Hall–Kier alpha value is -0.0400. The van der Waals surface area contributed by atoms with E-state index in [2.05, 4.69) is 20.9 Å². The summed E-state index contributed by atoms with van der Waals surface area (Å²) in [6.07, 6.45) is 14.5. The van der Waals surface area contributed by atoms with Crippen molar-refractivity contribution in [2.45, 2.75) is 78.1 Å². The lowest BCUT2D eigenvalue weighted by Crippen LogP contribution is -2.49. The number of hydrogen-bond acceptors (Lipinski definition) is 0. The molecule has 0 aliphatic carbocycles. The van der Waals surface area contributed by atoms with Crippen LogP contribution in [0.25, 0.3) is 0 Å². The lowest BCUT2D eigenvalue weighted by molar-refractivity contribution is -0.915. The van der Waals surface area contributed by atoms with Crippen molar-refractivity contribution in [1.29, 1.82) is 0 Å². The second kappa shape index (κ2) is 8.96. The average Bonchev–Trinajstić information content (AvgIpc) is 2.37. The van der Waals surface area contributed by atoms with Gasteiger partial charge in [-0.25, -0.2) is 0 Å². The van der Waals surface area contributed by atoms with Gasteiger partial charge < -0.3 is 4.48 Å². The van der Waals surface area contributed by atoms with E-state index in [-0.39, 0.29) is 0 Å². The van der Waals surface area contributed by atoms with Crippen LogP contribution in [0.1, 0.15) is 78.1 Å². The highest BCUT2D eigenvalue weighted by molar-refractivity contribution is 4.59. The van der Waals surface area contributed by atoms with E-state index in [4.69, 9.17) is 0 Å². The molecule has 1 aliphatic rings. The number of quaternary nitrogens is 1. The largest absolute Gasteiger partial charge is 0.326 e. The summed E-state index contributed by atoms with van der Waals surface area (Å²) in [7, 11) is 2.48. The predicted molar refractivity (Wildman–Crippen MR) is 81.8 cm³/mol. The molecule has 1 aliphatic heterocycles. The molecule has 1 nitrogen and oxygen atoms in total. The van der Waals surface area contributed by atoms with Gasteiger partial charge in [0.15, 0.2) is 0 Å². The van der Waals surface area contributed by atoms with Crippen molar-refractivity contribution in [3.05, 3.63) is 0 Å². The Labute approximate surface area is 116 Å². The smallest absolute Gasteiger partial charge is 0.0787 e. The quantitative estimate of drug-likeness (QED) is 0.401. The zero-order valence-electron chi connectivity index (χ0n) is 13.2. The molecule has 0 aromatic rings. The maximum Gasteiger partial charge on any atom is 0.0787 e. The monoisotopic (exact) mass is 254 g/mol. The van der Waals surface area contributed by atoms with Crippen LogP contribution >= 0.6 is 0 Å². The maximum atomic E-state index is 2.48. The third-order valence-electron chi connectivity index (χ3n) is 4.87. The van der Waals surface area contributed by atoms with Crippen LogP contribution in [-0.2, 0) is 0 Å². The highest BCUT2D eigenvalue weighted by atomic mass is 15.3. The van der Waals surface area contributed by atoms with E-state index < -0.39 is 0 Å². The van der Waals surface area contributed by atoms with E-state index in [0.717, 1.165) is 5.92 Å². The highest BCUT2D eigenvalue weighted by Crippen LogP contribution is 2.22. The van der Waals surface area contributed by atoms with Crippen LogP contribution in [0.15, 0.2) is 0 Å². The Balaban J connectivity index is 1.94.